The van der Waals surface area contributed by atoms with E-state index in [-0.39, 0.29) is 12.1 Å². The van der Waals surface area contributed by atoms with E-state index in [9.17, 15) is 13.9 Å². The monoisotopic (exact) mass is 329 g/mol. The van der Waals surface area contributed by atoms with Gasteiger partial charge in [-0.1, -0.05) is 29.8 Å². The van der Waals surface area contributed by atoms with E-state index >= 15 is 0 Å². The number of benzene rings is 2. The lowest BCUT2D eigenvalue weighted by atomic mass is 10.1. The molecule has 0 saturated carbocycles. The molecule has 0 bridgehead atoms. The first kappa shape index (κ1) is 16.3. The van der Waals surface area contributed by atoms with Crippen LogP contribution < -0.4 is 0 Å². The van der Waals surface area contributed by atoms with Crippen molar-refractivity contribution in [2.75, 3.05) is 0 Å². The molecule has 0 saturated heterocycles. The van der Waals surface area contributed by atoms with Crippen LogP contribution in [-0.4, -0.2) is 19.9 Å². The fourth-order valence-corrected chi connectivity index (χ4v) is 2.57. The highest BCUT2D eigenvalue weighted by Crippen LogP contribution is 2.23. The zero-order valence-corrected chi connectivity index (χ0v) is 13.4. The first-order valence-electron chi connectivity index (χ1n) is 7.55. The number of hydrogen-bond acceptors (Lipinski definition) is 3. The third-order valence-corrected chi connectivity index (χ3v) is 3.73. The number of hydrogen-bond donors (Lipinski definition) is 1. The minimum Gasteiger partial charge on any atom is -0.386 e. The second-order valence-electron chi connectivity index (χ2n) is 5.72. The third-order valence-electron chi connectivity index (χ3n) is 3.73. The largest absolute Gasteiger partial charge is 0.386 e. The van der Waals surface area contributed by atoms with Crippen molar-refractivity contribution in [2.24, 2.45) is 0 Å². The lowest BCUT2D eigenvalue weighted by Gasteiger charge is -2.13. The predicted molar refractivity (Wildman–Crippen MR) is 86.2 cm³/mol. The van der Waals surface area contributed by atoms with Crippen LogP contribution in [0, 0.1) is 25.5 Å². The van der Waals surface area contributed by atoms with E-state index in [1.54, 1.807) is 11.6 Å². The van der Waals surface area contributed by atoms with Gasteiger partial charge in [-0.25, -0.2) is 18.4 Å². The molecule has 0 fully saturated rings. The van der Waals surface area contributed by atoms with Gasteiger partial charge in [0, 0.05) is 5.56 Å². The van der Waals surface area contributed by atoms with Crippen LogP contribution in [0.4, 0.5) is 8.78 Å². The van der Waals surface area contributed by atoms with Gasteiger partial charge in [-0.3, -0.25) is 0 Å². The highest BCUT2D eigenvalue weighted by molar-refractivity contribution is 5.56. The zero-order chi connectivity index (χ0) is 17.3. The van der Waals surface area contributed by atoms with Gasteiger partial charge in [0.05, 0.1) is 12.6 Å². The first-order chi connectivity index (χ1) is 11.4. The molecular formula is C18H17F2N3O. The van der Waals surface area contributed by atoms with Crippen molar-refractivity contribution in [1.82, 2.24) is 14.8 Å². The van der Waals surface area contributed by atoms with E-state index < -0.39 is 17.7 Å². The lowest BCUT2D eigenvalue weighted by Crippen LogP contribution is -2.12. The van der Waals surface area contributed by atoms with Crippen LogP contribution in [0.5, 0.6) is 0 Å². The summed E-state index contributed by atoms with van der Waals surface area (Å²) in [6.45, 7) is 3.84. The van der Waals surface area contributed by atoms with Crippen molar-refractivity contribution in [2.45, 2.75) is 26.5 Å². The topological polar surface area (TPSA) is 50.9 Å². The summed E-state index contributed by atoms with van der Waals surface area (Å²) in [6.07, 6.45) is -1.02. The highest BCUT2D eigenvalue weighted by Gasteiger charge is 2.16. The Bertz CT molecular complexity index is 876. The van der Waals surface area contributed by atoms with Crippen LogP contribution in [0.1, 0.15) is 23.1 Å². The van der Waals surface area contributed by atoms with Gasteiger partial charge >= 0.3 is 0 Å². The van der Waals surface area contributed by atoms with Crippen LogP contribution in [0.2, 0.25) is 0 Å². The molecule has 6 heteroatoms. The Morgan fingerprint density at radius 1 is 1.08 bits per heavy atom. The summed E-state index contributed by atoms with van der Waals surface area (Å²) in [5.41, 5.74) is 2.26. The molecule has 3 rings (SSSR count). The van der Waals surface area contributed by atoms with Crippen molar-refractivity contribution in [3.63, 3.8) is 0 Å². The van der Waals surface area contributed by atoms with Crippen molar-refractivity contribution in [3.8, 4) is 11.4 Å². The molecule has 0 aliphatic rings. The summed E-state index contributed by atoms with van der Waals surface area (Å²) in [7, 11) is 0. The molecule has 1 atom stereocenters. The highest BCUT2D eigenvalue weighted by atomic mass is 19.2. The maximum atomic E-state index is 13.4. The molecule has 1 heterocycles. The van der Waals surface area contributed by atoms with Crippen molar-refractivity contribution in [1.29, 1.82) is 0 Å². The minimum absolute atomic E-state index is 0.0924. The molecule has 3 aromatic rings. The molecule has 0 aliphatic heterocycles. The van der Waals surface area contributed by atoms with Gasteiger partial charge in [0.15, 0.2) is 17.5 Å². The van der Waals surface area contributed by atoms with Crippen LogP contribution in [0.15, 0.2) is 42.5 Å². The van der Waals surface area contributed by atoms with Gasteiger partial charge < -0.3 is 5.11 Å². The maximum Gasteiger partial charge on any atom is 0.159 e. The number of aryl methyl sites for hydroxylation is 2. The van der Waals surface area contributed by atoms with Crippen molar-refractivity contribution < 1.29 is 13.9 Å². The number of nitrogens with zero attached hydrogens (tertiary/aromatic N) is 3. The smallest absolute Gasteiger partial charge is 0.159 e. The number of aliphatic hydroxyl groups excluding tert-OH is 1. The second kappa shape index (κ2) is 6.49. The zero-order valence-electron chi connectivity index (χ0n) is 13.4. The Morgan fingerprint density at radius 2 is 1.88 bits per heavy atom. The standard InChI is InChI=1S/C18H17F2N3O/c1-11-4-3-5-14(8-11)18-21-12(2)22-23(18)10-17(24)13-6-7-15(19)16(20)9-13/h3-9,17,24H,10H2,1-2H3. The van der Waals surface area contributed by atoms with Gasteiger partial charge in [0.25, 0.3) is 0 Å². The summed E-state index contributed by atoms with van der Waals surface area (Å²) in [5.74, 6) is -0.731. The fourth-order valence-electron chi connectivity index (χ4n) is 2.57. The molecule has 2 aromatic carbocycles. The van der Waals surface area contributed by atoms with Crippen LogP contribution in [-0.2, 0) is 6.54 Å². The first-order valence-corrected chi connectivity index (χ1v) is 7.55. The number of halogens is 2. The average Bonchev–Trinajstić information content (AvgIpc) is 2.90. The summed E-state index contributed by atoms with van der Waals surface area (Å²) in [5, 5.41) is 14.6. The van der Waals surface area contributed by atoms with Crippen molar-refractivity contribution >= 4 is 0 Å². The number of aromatic nitrogens is 3. The molecule has 1 aromatic heterocycles. The summed E-state index contributed by atoms with van der Waals surface area (Å²) in [4.78, 5) is 4.41. The van der Waals surface area contributed by atoms with E-state index in [2.05, 4.69) is 10.1 Å². The van der Waals surface area contributed by atoms with Crippen LogP contribution in [0.25, 0.3) is 11.4 Å². The Balaban J connectivity index is 1.91. The SMILES string of the molecule is Cc1cccc(-c2nc(C)nn2CC(O)c2ccc(F)c(F)c2)c1. The molecule has 1 unspecified atom stereocenters. The lowest BCUT2D eigenvalue weighted by molar-refractivity contribution is 0.151. The molecule has 1 N–H and O–H groups in total. The molecule has 0 spiro atoms. The molecule has 0 amide bonds. The van der Waals surface area contributed by atoms with Crippen LogP contribution >= 0.6 is 0 Å². The van der Waals surface area contributed by atoms with Gasteiger partial charge in [-0.05, 0) is 37.6 Å². The van der Waals surface area contributed by atoms with E-state index in [0.717, 1.165) is 23.3 Å². The summed E-state index contributed by atoms with van der Waals surface area (Å²) < 4.78 is 28.0. The molecule has 0 radical (unpaired) electrons. The predicted octanol–water partition coefficient (Wildman–Crippen LogP) is 3.57. The van der Waals surface area contributed by atoms with E-state index in [0.29, 0.717) is 11.6 Å². The molecular weight excluding hydrogens is 312 g/mol. The minimum atomic E-state index is -1.02. The third kappa shape index (κ3) is 3.33. The van der Waals surface area contributed by atoms with Gasteiger partial charge in [-0.15, -0.1) is 0 Å². The summed E-state index contributed by atoms with van der Waals surface area (Å²) in [6, 6.07) is 11.1. The number of rotatable bonds is 4. The number of aliphatic hydroxyl groups is 1. The Morgan fingerprint density at radius 3 is 2.58 bits per heavy atom. The molecule has 124 valence electrons. The normalized spacial score (nSPS) is 12.4. The summed E-state index contributed by atoms with van der Waals surface area (Å²) >= 11 is 0. The molecule has 24 heavy (non-hydrogen) atoms. The van der Waals surface area contributed by atoms with E-state index in [1.165, 1.54) is 6.07 Å². The Labute approximate surface area is 138 Å². The van der Waals surface area contributed by atoms with E-state index in [4.69, 9.17) is 0 Å². The second-order valence-corrected chi connectivity index (χ2v) is 5.72. The van der Waals surface area contributed by atoms with Crippen molar-refractivity contribution in [3.05, 3.63) is 71.1 Å². The Hall–Kier alpha value is -2.60. The maximum absolute atomic E-state index is 13.4. The molecule has 4 nitrogen and oxygen atoms in total. The van der Waals surface area contributed by atoms with E-state index in [1.807, 2.05) is 31.2 Å². The van der Waals surface area contributed by atoms with Gasteiger partial charge in [0.2, 0.25) is 0 Å². The Kier molecular flexibility index (Phi) is 4.40. The van der Waals surface area contributed by atoms with Gasteiger partial charge in [-0.2, -0.15) is 5.10 Å². The average molecular weight is 329 g/mol. The molecule has 0 aliphatic carbocycles. The quantitative estimate of drug-likeness (QED) is 0.796. The van der Waals surface area contributed by atoms with Gasteiger partial charge in [0.1, 0.15) is 5.82 Å². The fraction of sp³-hybridized carbons (Fsp3) is 0.222. The van der Waals surface area contributed by atoms with Crippen LogP contribution in [0.3, 0.4) is 0 Å².